The van der Waals surface area contributed by atoms with Gasteiger partial charge in [-0.1, -0.05) is 13.0 Å². The van der Waals surface area contributed by atoms with Crippen molar-refractivity contribution in [1.82, 2.24) is 0 Å². The number of nitrogens with zero attached hydrogens (tertiary/aromatic N) is 1. The van der Waals surface area contributed by atoms with Gasteiger partial charge in [-0.3, -0.25) is 9.03 Å². The van der Waals surface area contributed by atoms with Crippen LogP contribution in [0.1, 0.15) is 23.8 Å². The third kappa shape index (κ3) is 3.83. The average Bonchev–Trinajstić information content (AvgIpc) is 3.03. The molecule has 1 aliphatic heterocycles. The van der Waals surface area contributed by atoms with Gasteiger partial charge in [0.15, 0.2) is 0 Å². The molecule has 0 fully saturated rings. The highest BCUT2D eigenvalue weighted by atomic mass is 32.2. The normalized spacial score (nSPS) is 15.0. The summed E-state index contributed by atoms with van der Waals surface area (Å²) in [6, 6.07) is 8.46. The van der Waals surface area contributed by atoms with Crippen LogP contribution < -0.4 is 9.03 Å². The predicted molar refractivity (Wildman–Crippen MR) is 101 cm³/mol. The van der Waals surface area contributed by atoms with Crippen molar-refractivity contribution in [2.75, 3.05) is 21.8 Å². The molecule has 2 aromatic rings. The number of fused-ring (bicyclic) bond motifs is 1. The second-order valence-electron chi connectivity index (χ2n) is 5.96. The zero-order valence-electron chi connectivity index (χ0n) is 14.0. The van der Waals surface area contributed by atoms with Crippen molar-refractivity contribution in [3.05, 3.63) is 40.8 Å². The number of aryl methyl sites for hydroxylation is 2. The Hall–Kier alpha value is -1.58. The van der Waals surface area contributed by atoms with Crippen molar-refractivity contribution in [2.24, 2.45) is 0 Å². The van der Waals surface area contributed by atoms with E-state index in [1.54, 1.807) is 30.3 Å². The molecule has 6 nitrogen and oxygen atoms in total. The van der Waals surface area contributed by atoms with Crippen LogP contribution in [0, 0.1) is 0 Å². The molecule has 0 saturated carbocycles. The molecule has 1 aliphatic rings. The Kier molecular flexibility index (Phi) is 4.82. The maximum atomic E-state index is 12.5. The minimum Gasteiger partial charge on any atom is -0.279 e. The van der Waals surface area contributed by atoms with E-state index in [4.69, 9.17) is 0 Å². The van der Waals surface area contributed by atoms with Crippen LogP contribution in [0.3, 0.4) is 0 Å². The number of thiophene rings is 1. The van der Waals surface area contributed by atoms with Crippen LogP contribution in [-0.2, 0) is 32.9 Å². The van der Waals surface area contributed by atoms with E-state index in [2.05, 4.69) is 4.72 Å². The molecule has 0 unspecified atom stereocenters. The number of benzene rings is 1. The van der Waals surface area contributed by atoms with Gasteiger partial charge in [-0.2, -0.15) is 0 Å². The van der Waals surface area contributed by atoms with E-state index < -0.39 is 20.0 Å². The number of hydrogen-bond donors (Lipinski definition) is 1. The Morgan fingerprint density at radius 1 is 1.16 bits per heavy atom. The Balaban J connectivity index is 1.94. The average molecular weight is 401 g/mol. The van der Waals surface area contributed by atoms with Gasteiger partial charge >= 0.3 is 0 Å². The van der Waals surface area contributed by atoms with Gasteiger partial charge in [-0.25, -0.2) is 16.8 Å². The van der Waals surface area contributed by atoms with Crippen LogP contribution in [0.4, 0.5) is 11.4 Å². The maximum Gasteiger partial charge on any atom is 0.271 e. The molecule has 0 aliphatic carbocycles. The predicted octanol–water partition coefficient (Wildman–Crippen LogP) is 2.82. The second-order valence-corrected chi connectivity index (χ2v) is 10.9. The largest absolute Gasteiger partial charge is 0.279 e. The first-order chi connectivity index (χ1) is 11.7. The zero-order chi connectivity index (χ0) is 18.2. The Bertz CT molecular complexity index is 994. The lowest BCUT2D eigenvalue weighted by Gasteiger charge is -2.29. The van der Waals surface area contributed by atoms with E-state index in [0.717, 1.165) is 36.0 Å². The third-order valence-electron chi connectivity index (χ3n) is 4.06. The van der Waals surface area contributed by atoms with E-state index in [1.165, 1.54) is 15.6 Å². The summed E-state index contributed by atoms with van der Waals surface area (Å²) in [5.74, 6) is 0. The molecule has 0 radical (unpaired) electrons. The molecule has 9 heteroatoms. The minimum absolute atomic E-state index is 0.252. The first-order valence-corrected chi connectivity index (χ1v) is 12.1. The van der Waals surface area contributed by atoms with Gasteiger partial charge in [0.05, 0.1) is 17.6 Å². The van der Waals surface area contributed by atoms with Crippen molar-refractivity contribution in [2.45, 2.75) is 30.4 Å². The van der Waals surface area contributed by atoms with Gasteiger partial charge in [0, 0.05) is 11.4 Å². The van der Waals surface area contributed by atoms with Gasteiger partial charge in [0.2, 0.25) is 10.0 Å². The SMILES string of the molecule is CCc1ccc(S(=O)(=O)Nc2ccc3c(c2)N(S(C)(=O)=O)CCC3)s1. The van der Waals surface area contributed by atoms with Crippen molar-refractivity contribution in [3.8, 4) is 0 Å². The van der Waals surface area contributed by atoms with Crippen molar-refractivity contribution in [3.63, 3.8) is 0 Å². The third-order valence-corrected chi connectivity index (χ3v) is 8.35. The maximum absolute atomic E-state index is 12.5. The molecule has 0 atom stereocenters. The van der Waals surface area contributed by atoms with Crippen LogP contribution in [0.15, 0.2) is 34.5 Å². The summed E-state index contributed by atoms with van der Waals surface area (Å²) in [7, 11) is -7.08. The van der Waals surface area contributed by atoms with E-state index in [1.807, 2.05) is 6.92 Å². The van der Waals surface area contributed by atoms with Crippen molar-refractivity contribution in [1.29, 1.82) is 0 Å². The van der Waals surface area contributed by atoms with E-state index >= 15 is 0 Å². The highest BCUT2D eigenvalue weighted by Crippen LogP contribution is 2.33. The molecule has 0 bridgehead atoms. The summed E-state index contributed by atoms with van der Waals surface area (Å²) in [6.07, 6.45) is 3.47. The summed E-state index contributed by atoms with van der Waals surface area (Å²) >= 11 is 1.24. The highest BCUT2D eigenvalue weighted by Gasteiger charge is 2.25. The monoisotopic (exact) mass is 400 g/mol. The topological polar surface area (TPSA) is 83.6 Å². The standard InChI is InChI=1S/C16H20N2O4S3/c1-3-14-8-9-16(23-14)25(21,22)17-13-7-6-12-5-4-10-18(15(12)11-13)24(2,19)20/h6-9,11,17H,3-5,10H2,1-2H3. The number of rotatable bonds is 5. The molecular formula is C16H20N2O4S3. The first kappa shape index (κ1) is 18.2. The van der Waals surface area contributed by atoms with Crippen LogP contribution in [-0.4, -0.2) is 29.6 Å². The lowest BCUT2D eigenvalue weighted by molar-refractivity contribution is 0.592. The summed E-state index contributed by atoms with van der Waals surface area (Å²) in [4.78, 5) is 0.995. The summed E-state index contributed by atoms with van der Waals surface area (Å²) in [5, 5.41) is 0. The molecule has 136 valence electrons. The number of nitrogens with one attached hydrogen (secondary N) is 1. The lowest BCUT2D eigenvalue weighted by Crippen LogP contribution is -2.34. The van der Waals surface area contributed by atoms with E-state index in [-0.39, 0.29) is 4.21 Å². The molecule has 0 amide bonds. The fraction of sp³-hybridized carbons (Fsp3) is 0.375. The van der Waals surface area contributed by atoms with E-state index in [0.29, 0.717) is 17.9 Å². The Morgan fingerprint density at radius 2 is 1.92 bits per heavy atom. The van der Waals surface area contributed by atoms with Crippen molar-refractivity contribution >= 4 is 42.8 Å². The number of sulfonamides is 2. The fourth-order valence-corrected chi connectivity index (χ4v) is 6.18. The second kappa shape index (κ2) is 6.62. The quantitative estimate of drug-likeness (QED) is 0.836. The molecule has 0 spiro atoms. The summed E-state index contributed by atoms with van der Waals surface area (Å²) < 4.78 is 53.2. The molecule has 1 N–H and O–H groups in total. The lowest BCUT2D eigenvalue weighted by atomic mass is 10.0. The summed E-state index contributed by atoms with van der Waals surface area (Å²) in [6.45, 7) is 2.38. The smallest absolute Gasteiger partial charge is 0.271 e. The van der Waals surface area contributed by atoms with Crippen LogP contribution in [0.5, 0.6) is 0 Å². The zero-order valence-corrected chi connectivity index (χ0v) is 16.5. The van der Waals surface area contributed by atoms with Crippen LogP contribution in [0.25, 0.3) is 0 Å². The molecule has 2 heterocycles. The van der Waals surface area contributed by atoms with Crippen molar-refractivity contribution < 1.29 is 16.8 Å². The summed E-state index contributed by atoms with van der Waals surface area (Å²) in [5.41, 5.74) is 1.82. The van der Waals surface area contributed by atoms with E-state index in [9.17, 15) is 16.8 Å². The van der Waals surface area contributed by atoms with Gasteiger partial charge in [-0.15, -0.1) is 11.3 Å². The molecular weight excluding hydrogens is 380 g/mol. The van der Waals surface area contributed by atoms with Gasteiger partial charge < -0.3 is 0 Å². The fourth-order valence-electron chi connectivity index (χ4n) is 2.85. The van der Waals surface area contributed by atoms with Crippen LogP contribution >= 0.6 is 11.3 Å². The molecule has 0 saturated heterocycles. The van der Waals surface area contributed by atoms with Crippen LogP contribution in [0.2, 0.25) is 0 Å². The minimum atomic E-state index is -3.68. The Morgan fingerprint density at radius 3 is 2.56 bits per heavy atom. The highest BCUT2D eigenvalue weighted by molar-refractivity contribution is 7.94. The molecule has 1 aromatic heterocycles. The Labute approximate surface area is 152 Å². The molecule has 1 aromatic carbocycles. The van der Waals surface area contributed by atoms with Gasteiger partial charge in [0.1, 0.15) is 4.21 Å². The number of hydrogen-bond acceptors (Lipinski definition) is 5. The molecule has 25 heavy (non-hydrogen) atoms. The first-order valence-electron chi connectivity index (χ1n) is 7.93. The van der Waals surface area contributed by atoms with Gasteiger partial charge in [-0.05, 0) is 49.1 Å². The number of anilines is 2. The van der Waals surface area contributed by atoms with Gasteiger partial charge in [0.25, 0.3) is 10.0 Å². The molecule has 3 rings (SSSR count).